The Kier molecular flexibility index (Phi) is 5.06. The summed E-state index contributed by atoms with van der Waals surface area (Å²) in [6.45, 7) is 0. The molecule has 6 nitrogen and oxygen atoms in total. The fourth-order valence-corrected chi connectivity index (χ4v) is 2.75. The number of hydrogen-bond donors (Lipinski definition) is 2. The van der Waals surface area contributed by atoms with E-state index in [0.29, 0.717) is 16.3 Å². The zero-order valence-electron chi connectivity index (χ0n) is 13.4. The molecule has 0 saturated heterocycles. The van der Waals surface area contributed by atoms with E-state index in [1.165, 1.54) is 18.4 Å². The quantitative estimate of drug-likeness (QED) is 0.680. The average Bonchev–Trinajstić information content (AvgIpc) is 3.18. The van der Waals surface area contributed by atoms with Crippen LogP contribution in [-0.2, 0) is 4.74 Å². The van der Waals surface area contributed by atoms with Crippen molar-refractivity contribution in [3.63, 3.8) is 0 Å². The molecule has 2 N–H and O–H groups in total. The number of nitrogens with zero attached hydrogens (tertiary/aromatic N) is 1. The van der Waals surface area contributed by atoms with Gasteiger partial charge in [0.1, 0.15) is 5.82 Å². The molecule has 1 aromatic carbocycles. The minimum Gasteiger partial charge on any atom is -0.465 e. The first-order valence-electron chi connectivity index (χ1n) is 7.42. The van der Waals surface area contributed by atoms with E-state index in [1.54, 1.807) is 42.6 Å². The zero-order valence-corrected chi connectivity index (χ0v) is 14.2. The van der Waals surface area contributed by atoms with Gasteiger partial charge in [0.25, 0.3) is 5.91 Å². The van der Waals surface area contributed by atoms with Gasteiger partial charge in [0.15, 0.2) is 0 Å². The molecule has 126 valence electrons. The van der Waals surface area contributed by atoms with E-state index in [-0.39, 0.29) is 5.91 Å². The number of methoxy groups -OCH3 is 1. The van der Waals surface area contributed by atoms with Crippen molar-refractivity contribution in [2.45, 2.75) is 0 Å². The number of anilines is 3. The highest BCUT2D eigenvalue weighted by molar-refractivity contribution is 7.12. The molecule has 0 spiro atoms. The monoisotopic (exact) mass is 353 g/mol. The van der Waals surface area contributed by atoms with Crippen LogP contribution < -0.4 is 10.6 Å². The van der Waals surface area contributed by atoms with E-state index in [9.17, 15) is 9.59 Å². The standard InChI is InChI=1S/C18H15N3O3S/c1-24-18(23)12-4-2-5-13(10-12)20-14-7-8-16(19-11-14)21-17(22)15-6-3-9-25-15/h2-11,20H,1H3,(H,19,21,22). The Morgan fingerprint density at radius 3 is 2.64 bits per heavy atom. The number of carbonyl (C=O) groups is 2. The largest absolute Gasteiger partial charge is 0.465 e. The van der Waals surface area contributed by atoms with Crippen LogP contribution in [0.25, 0.3) is 0 Å². The van der Waals surface area contributed by atoms with Crippen molar-refractivity contribution < 1.29 is 14.3 Å². The van der Waals surface area contributed by atoms with Crippen molar-refractivity contribution in [2.24, 2.45) is 0 Å². The molecular weight excluding hydrogens is 338 g/mol. The molecule has 0 aliphatic rings. The molecule has 2 aromatic heterocycles. The first kappa shape index (κ1) is 16.7. The maximum absolute atomic E-state index is 12.0. The molecule has 1 amide bonds. The fourth-order valence-electron chi connectivity index (χ4n) is 2.14. The molecule has 0 saturated carbocycles. The first-order valence-corrected chi connectivity index (χ1v) is 8.30. The van der Waals surface area contributed by atoms with Gasteiger partial charge in [-0.05, 0) is 41.8 Å². The van der Waals surface area contributed by atoms with Crippen molar-refractivity contribution in [1.29, 1.82) is 0 Å². The highest BCUT2D eigenvalue weighted by Crippen LogP contribution is 2.19. The summed E-state index contributed by atoms with van der Waals surface area (Å²) in [4.78, 5) is 28.4. The summed E-state index contributed by atoms with van der Waals surface area (Å²) < 4.78 is 4.71. The van der Waals surface area contributed by atoms with E-state index in [0.717, 1.165) is 11.4 Å². The van der Waals surface area contributed by atoms with E-state index in [4.69, 9.17) is 4.74 Å². The minimum atomic E-state index is -0.395. The van der Waals surface area contributed by atoms with Crippen molar-refractivity contribution in [2.75, 3.05) is 17.7 Å². The molecule has 0 unspecified atom stereocenters. The van der Waals surface area contributed by atoms with E-state index >= 15 is 0 Å². The van der Waals surface area contributed by atoms with Gasteiger partial charge in [0.2, 0.25) is 0 Å². The Labute approximate surface area is 148 Å². The van der Waals surface area contributed by atoms with Crippen molar-refractivity contribution in [3.05, 3.63) is 70.5 Å². The van der Waals surface area contributed by atoms with Gasteiger partial charge in [0.05, 0.1) is 29.4 Å². The maximum atomic E-state index is 12.0. The lowest BCUT2D eigenvalue weighted by atomic mass is 10.2. The number of nitrogens with one attached hydrogen (secondary N) is 2. The highest BCUT2D eigenvalue weighted by Gasteiger charge is 2.08. The van der Waals surface area contributed by atoms with Crippen LogP contribution in [0, 0.1) is 0 Å². The third kappa shape index (κ3) is 4.21. The lowest BCUT2D eigenvalue weighted by Gasteiger charge is -2.08. The van der Waals surface area contributed by atoms with Crippen LogP contribution in [0.15, 0.2) is 60.1 Å². The molecule has 25 heavy (non-hydrogen) atoms. The molecule has 0 aliphatic carbocycles. The van der Waals surface area contributed by atoms with Gasteiger partial charge in [-0.1, -0.05) is 12.1 Å². The SMILES string of the molecule is COC(=O)c1cccc(Nc2ccc(NC(=O)c3cccs3)nc2)c1. The molecule has 0 aliphatic heterocycles. The van der Waals surface area contributed by atoms with Gasteiger partial charge in [0, 0.05) is 5.69 Å². The number of carbonyl (C=O) groups excluding carboxylic acids is 2. The summed E-state index contributed by atoms with van der Waals surface area (Å²) in [6.07, 6.45) is 1.61. The van der Waals surface area contributed by atoms with Crippen LogP contribution in [0.2, 0.25) is 0 Å². The predicted molar refractivity (Wildman–Crippen MR) is 97.6 cm³/mol. The number of hydrogen-bond acceptors (Lipinski definition) is 6. The van der Waals surface area contributed by atoms with Crippen molar-refractivity contribution in [3.8, 4) is 0 Å². The second kappa shape index (κ2) is 7.59. The van der Waals surface area contributed by atoms with Crippen LogP contribution >= 0.6 is 11.3 Å². The van der Waals surface area contributed by atoms with Crippen molar-refractivity contribution in [1.82, 2.24) is 4.98 Å². The summed E-state index contributed by atoms with van der Waals surface area (Å²) in [5.74, 6) is -0.116. The molecule has 3 aromatic rings. The summed E-state index contributed by atoms with van der Waals surface area (Å²) in [5.41, 5.74) is 1.93. The number of thiophene rings is 1. The van der Waals surface area contributed by atoms with Crippen LogP contribution in [0.4, 0.5) is 17.2 Å². The Morgan fingerprint density at radius 1 is 1.08 bits per heavy atom. The van der Waals surface area contributed by atoms with Crippen LogP contribution in [0.1, 0.15) is 20.0 Å². The molecule has 0 atom stereocenters. The summed E-state index contributed by atoms with van der Waals surface area (Å²) in [7, 11) is 1.34. The molecule has 2 heterocycles. The Hall–Kier alpha value is -3.19. The second-order valence-corrected chi connectivity index (χ2v) is 6.01. The van der Waals surface area contributed by atoms with Gasteiger partial charge in [-0.15, -0.1) is 11.3 Å². The Morgan fingerprint density at radius 2 is 1.96 bits per heavy atom. The number of rotatable bonds is 5. The smallest absolute Gasteiger partial charge is 0.337 e. The highest BCUT2D eigenvalue weighted by atomic mass is 32.1. The lowest BCUT2D eigenvalue weighted by molar-refractivity contribution is 0.0600. The Balaban J connectivity index is 1.67. The predicted octanol–water partition coefficient (Wildman–Crippen LogP) is 3.93. The molecule has 3 rings (SSSR count). The number of esters is 1. The maximum Gasteiger partial charge on any atom is 0.337 e. The normalized spacial score (nSPS) is 10.1. The zero-order chi connectivity index (χ0) is 17.6. The molecular formula is C18H15N3O3S. The Bertz CT molecular complexity index is 877. The number of amides is 1. The van der Waals surface area contributed by atoms with Crippen molar-refractivity contribution >= 4 is 40.4 Å². The number of pyridine rings is 1. The second-order valence-electron chi connectivity index (χ2n) is 5.06. The van der Waals surface area contributed by atoms with Crippen LogP contribution in [0.3, 0.4) is 0 Å². The molecule has 7 heteroatoms. The summed E-state index contributed by atoms with van der Waals surface area (Å²) in [6, 6.07) is 14.0. The number of ether oxygens (including phenoxy) is 1. The molecule has 0 bridgehead atoms. The lowest BCUT2D eigenvalue weighted by Crippen LogP contribution is -2.11. The van der Waals surface area contributed by atoms with Gasteiger partial charge >= 0.3 is 5.97 Å². The summed E-state index contributed by atoms with van der Waals surface area (Å²) >= 11 is 1.37. The topological polar surface area (TPSA) is 80.3 Å². The fraction of sp³-hybridized carbons (Fsp3) is 0.0556. The third-order valence-corrected chi connectivity index (χ3v) is 4.19. The van der Waals surface area contributed by atoms with Crippen LogP contribution in [0.5, 0.6) is 0 Å². The van der Waals surface area contributed by atoms with E-state index in [2.05, 4.69) is 15.6 Å². The number of aromatic nitrogens is 1. The van der Waals surface area contributed by atoms with Crippen LogP contribution in [-0.4, -0.2) is 24.0 Å². The van der Waals surface area contributed by atoms with Gasteiger partial charge < -0.3 is 15.4 Å². The van der Waals surface area contributed by atoms with Gasteiger partial charge in [-0.2, -0.15) is 0 Å². The van der Waals surface area contributed by atoms with E-state index < -0.39 is 5.97 Å². The minimum absolute atomic E-state index is 0.186. The third-order valence-electron chi connectivity index (χ3n) is 3.32. The summed E-state index contributed by atoms with van der Waals surface area (Å²) in [5, 5.41) is 7.73. The molecule has 0 fully saturated rings. The molecule has 0 radical (unpaired) electrons. The first-order chi connectivity index (χ1) is 12.2. The van der Waals surface area contributed by atoms with E-state index in [1.807, 2.05) is 17.5 Å². The number of benzene rings is 1. The average molecular weight is 353 g/mol. The van der Waals surface area contributed by atoms with Gasteiger partial charge in [-0.25, -0.2) is 9.78 Å². The van der Waals surface area contributed by atoms with Gasteiger partial charge in [-0.3, -0.25) is 4.79 Å².